The topological polar surface area (TPSA) is 172 Å². The van der Waals surface area contributed by atoms with Crippen LogP contribution in [0, 0.1) is 18.8 Å². The van der Waals surface area contributed by atoms with Crippen LogP contribution < -0.4 is 26.0 Å². The van der Waals surface area contributed by atoms with Gasteiger partial charge in [-0.1, -0.05) is 67.0 Å². The predicted molar refractivity (Wildman–Crippen MR) is 213 cm³/mol. The predicted octanol–water partition coefficient (Wildman–Crippen LogP) is 4.55. The van der Waals surface area contributed by atoms with Gasteiger partial charge in [0, 0.05) is 25.4 Å². The minimum atomic E-state index is -1.06. The van der Waals surface area contributed by atoms with Crippen LogP contribution >= 0.6 is 0 Å². The zero-order chi connectivity index (χ0) is 41.2. The summed E-state index contributed by atoms with van der Waals surface area (Å²) in [5, 5.41) is 11.5. The van der Waals surface area contributed by atoms with Crippen molar-refractivity contribution in [2.45, 2.75) is 143 Å². The fourth-order valence-corrected chi connectivity index (χ4v) is 5.72. The Bertz CT molecular complexity index is 1260. The van der Waals surface area contributed by atoms with Gasteiger partial charge in [-0.3, -0.25) is 19.2 Å². The molecule has 0 saturated carbocycles. The summed E-state index contributed by atoms with van der Waals surface area (Å²) in [6, 6.07) is 4.08. The summed E-state index contributed by atoms with van der Waals surface area (Å²) in [6.07, 6.45) is 4.91. The van der Waals surface area contributed by atoms with E-state index in [1.807, 2.05) is 34.6 Å². The third-order valence-electron chi connectivity index (χ3n) is 8.74. The third kappa shape index (κ3) is 18.8. The van der Waals surface area contributed by atoms with Gasteiger partial charge in [0.15, 0.2) is 0 Å². The van der Waals surface area contributed by atoms with Gasteiger partial charge < -0.3 is 40.4 Å². The molecule has 13 heteroatoms. The molecule has 4 amide bonds. The van der Waals surface area contributed by atoms with Crippen molar-refractivity contribution < 1.29 is 38.2 Å². The van der Waals surface area contributed by atoms with E-state index in [2.05, 4.69) is 42.0 Å². The monoisotopic (exact) mass is 761 g/mol. The Balaban J connectivity index is 0.00000533. The van der Waals surface area contributed by atoms with Gasteiger partial charge in [0.25, 0.3) is 0 Å². The Kier molecular flexibility index (Phi) is 26.2. The maximum Gasteiger partial charge on any atom is 0.328 e. The van der Waals surface area contributed by atoms with Gasteiger partial charge in [-0.2, -0.15) is 0 Å². The van der Waals surface area contributed by atoms with E-state index in [1.165, 1.54) is 6.42 Å². The Labute approximate surface area is 324 Å². The molecular formula is C41H70N5O8+. The maximum atomic E-state index is 13.6. The second-order valence-electron chi connectivity index (χ2n) is 14.1. The number of hydrogen-bond donors (Lipinski definition) is 4. The van der Waals surface area contributed by atoms with Crippen LogP contribution in [0.3, 0.4) is 0 Å². The molecule has 306 valence electrons. The van der Waals surface area contributed by atoms with E-state index in [0.717, 1.165) is 5.56 Å². The quantitative estimate of drug-likeness (QED) is 0.0797. The number of likely N-dealkylation sites (N-methyl/N-ethyl adjacent to an activating group) is 1. The van der Waals surface area contributed by atoms with E-state index in [-0.39, 0.29) is 61.5 Å². The van der Waals surface area contributed by atoms with Crippen molar-refractivity contribution >= 4 is 35.9 Å². The van der Waals surface area contributed by atoms with E-state index < -0.39 is 36.0 Å². The number of nitrogens with one attached hydrogen (secondary N) is 4. The Morgan fingerprint density at radius 1 is 0.926 bits per heavy atom. The van der Waals surface area contributed by atoms with E-state index in [4.69, 9.17) is 9.47 Å². The average Bonchev–Trinajstić information content (AvgIpc) is 3.65. The second-order valence-corrected chi connectivity index (χ2v) is 14.1. The highest BCUT2D eigenvalue weighted by atomic mass is 16.5. The van der Waals surface area contributed by atoms with Gasteiger partial charge in [0.05, 0.1) is 39.5 Å². The summed E-state index contributed by atoms with van der Waals surface area (Å²) >= 11 is 0. The normalized spacial score (nSPS) is 15.6. The number of nitrogens with zero attached hydrogens (tertiary/aromatic N) is 1. The first-order valence-corrected chi connectivity index (χ1v) is 19.6. The number of amides is 4. The van der Waals surface area contributed by atoms with E-state index in [9.17, 15) is 28.8 Å². The first-order valence-electron chi connectivity index (χ1n) is 19.6. The number of aldehydes is 1. The summed E-state index contributed by atoms with van der Waals surface area (Å²) in [5.74, 6) is -0.966. The van der Waals surface area contributed by atoms with Crippen LogP contribution in [-0.2, 0) is 39.9 Å². The van der Waals surface area contributed by atoms with Gasteiger partial charge >= 0.3 is 5.97 Å². The lowest BCUT2D eigenvalue weighted by Gasteiger charge is -2.30. The molecule has 2 rings (SSSR count). The van der Waals surface area contributed by atoms with Crippen LogP contribution in [0.25, 0.3) is 0 Å². The summed E-state index contributed by atoms with van der Waals surface area (Å²) in [7, 11) is 3.29. The number of benzene rings is 1. The van der Waals surface area contributed by atoms with E-state index in [1.54, 1.807) is 50.2 Å². The standard InChI is InChI=1S/C36H57N5O8.C3H8.C2H5/c1-8-26(13-16-32(43)39-30(22-42)24(4)5)38-33(44)17-19-49-36(47)29(21-25-11-14-27(48-7)15-12-25)40-34(45)31-10-9-18-41(31)35(46)28(37-6)20-23(2)3;1-3-2;1-2/h11-12,14-15,22-24,26,28-31,37H,8-10,13,16-21H2,1-7H3,(H,38,44)(H,39,43)(H,40,45);3H2,1-2H3;1H2,2H3/q;;+1/t26-,28?,29?,30?,31?;;/m1../s1. The Morgan fingerprint density at radius 3 is 2.06 bits per heavy atom. The zero-order valence-electron chi connectivity index (χ0n) is 34.6. The van der Waals surface area contributed by atoms with Crippen LogP contribution in [0.15, 0.2) is 24.3 Å². The molecule has 0 bridgehead atoms. The number of esters is 1. The lowest BCUT2D eigenvalue weighted by molar-refractivity contribution is -0.149. The molecule has 4 N–H and O–H groups in total. The molecule has 1 aliphatic heterocycles. The van der Waals surface area contributed by atoms with Crippen molar-refractivity contribution in [1.82, 2.24) is 26.2 Å². The lowest BCUT2D eigenvalue weighted by Crippen LogP contribution is -2.55. The molecule has 4 unspecified atom stereocenters. The van der Waals surface area contributed by atoms with Crippen LogP contribution in [0.4, 0.5) is 0 Å². The molecule has 0 aliphatic carbocycles. The number of ether oxygens (including phenoxy) is 2. The number of rotatable bonds is 21. The molecule has 1 heterocycles. The maximum absolute atomic E-state index is 13.6. The third-order valence-corrected chi connectivity index (χ3v) is 8.74. The molecule has 1 aliphatic rings. The fourth-order valence-electron chi connectivity index (χ4n) is 5.72. The molecule has 1 fully saturated rings. The van der Waals surface area contributed by atoms with Crippen molar-refractivity contribution in [3.63, 3.8) is 0 Å². The van der Waals surface area contributed by atoms with Crippen LogP contribution in [0.2, 0.25) is 0 Å². The van der Waals surface area contributed by atoms with Gasteiger partial charge in [-0.15, -0.1) is 0 Å². The van der Waals surface area contributed by atoms with E-state index >= 15 is 0 Å². The lowest BCUT2D eigenvalue weighted by atomic mass is 10.0. The Hall–Kier alpha value is -4.13. The second kappa shape index (κ2) is 28.3. The zero-order valence-corrected chi connectivity index (χ0v) is 34.6. The highest BCUT2D eigenvalue weighted by molar-refractivity contribution is 5.92. The summed E-state index contributed by atoms with van der Waals surface area (Å²) in [4.78, 5) is 78.1. The summed E-state index contributed by atoms with van der Waals surface area (Å²) < 4.78 is 10.7. The Morgan fingerprint density at radius 2 is 1.54 bits per heavy atom. The van der Waals surface area contributed by atoms with Crippen molar-refractivity contribution in [3.8, 4) is 5.75 Å². The van der Waals surface area contributed by atoms with Gasteiger partial charge in [-0.05, 0) is 68.7 Å². The highest BCUT2D eigenvalue weighted by Gasteiger charge is 2.38. The minimum Gasteiger partial charge on any atom is -0.497 e. The molecule has 1 aromatic rings. The molecule has 13 nitrogen and oxygen atoms in total. The molecule has 0 spiro atoms. The summed E-state index contributed by atoms with van der Waals surface area (Å²) in [6.45, 7) is 19.1. The van der Waals surface area contributed by atoms with Crippen molar-refractivity contribution in [2.24, 2.45) is 11.8 Å². The van der Waals surface area contributed by atoms with Gasteiger partial charge in [0.2, 0.25) is 23.6 Å². The first kappa shape index (κ1) is 49.9. The highest BCUT2D eigenvalue weighted by Crippen LogP contribution is 2.21. The first-order chi connectivity index (χ1) is 25.7. The van der Waals surface area contributed by atoms with Crippen molar-refractivity contribution in [2.75, 3.05) is 27.3 Å². The van der Waals surface area contributed by atoms with Crippen LogP contribution in [-0.4, -0.2) is 98.3 Å². The van der Waals surface area contributed by atoms with Crippen molar-refractivity contribution in [1.29, 1.82) is 0 Å². The molecular weight excluding hydrogens is 690 g/mol. The van der Waals surface area contributed by atoms with Crippen LogP contribution in [0.5, 0.6) is 5.75 Å². The average molecular weight is 761 g/mol. The van der Waals surface area contributed by atoms with Gasteiger partial charge in [-0.25, -0.2) is 4.79 Å². The smallest absolute Gasteiger partial charge is 0.328 e. The fraction of sp³-hybridized carbons (Fsp3) is 0.683. The largest absolute Gasteiger partial charge is 0.497 e. The molecule has 0 radical (unpaired) electrons. The molecule has 54 heavy (non-hydrogen) atoms. The van der Waals surface area contributed by atoms with Crippen LogP contribution in [0.1, 0.15) is 112 Å². The van der Waals surface area contributed by atoms with Gasteiger partial charge in [0.1, 0.15) is 30.7 Å². The molecule has 5 atom stereocenters. The molecule has 1 aromatic carbocycles. The van der Waals surface area contributed by atoms with Crippen molar-refractivity contribution in [3.05, 3.63) is 36.8 Å². The number of methoxy groups -OCH3 is 1. The number of carbonyl (C=O) groups is 6. The molecule has 0 aromatic heterocycles. The number of hydrogen-bond acceptors (Lipinski definition) is 9. The number of carbonyl (C=O) groups excluding carboxylic acids is 6. The minimum absolute atomic E-state index is 0.0257. The molecule has 1 saturated heterocycles. The number of likely N-dealkylation sites (tertiary alicyclic amines) is 1. The van der Waals surface area contributed by atoms with E-state index in [0.29, 0.717) is 50.7 Å². The SMILES string of the molecule is CCC.CC[C@H](CCC(=O)NC(C=O)C(C)C)NC(=O)CCOC(=O)C(Cc1ccc(OC)cc1)NC(=O)C1CCCN1C(=O)C(CC(C)C)NC.[CH2+]C. The summed E-state index contributed by atoms with van der Waals surface area (Å²) in [5.41, 5.74) is 0.759.